The lowest BCUT2D eigenvalue weighted by molar-refractivity contribution is -0.129. The van der Waals surface area contributed by atoms with Gasteiger partial charge in [0.15, 0.2) is 5.89 Å². The average Bonchev–Trinajstić information content (AvgIpc) is 3.83. The lowest BCUT2D eigenvalue weighted by Crippen LogP contribution is -2.51. The van der Waals surface area contributed by atoms with Crippen molar-refractivity contribution in [1.82, 2.24) is 15.3 Å². The first-order valence-corrected chi connectivity index (χ1v) is 17.2. The molecule has 2 amide bonds. The number of nitrogens with one attached hydrogen (secondary N) is 1. The van der Waals surface area contributed by atoms with Gasteiger partial charge in [0.1, 0.15) is 17.8 Å². The molecular formula is C37H47N5O4. The third-order valence-electron chi connectivity index (χ3n) is 11.7. The quantitative estimate of drug-likeness (QED) is 0.248. The van der Waals surface area contributed by atoms with E-state index in [-0.39, 0.29) is 34.6 Å². The Labute approximate surface area is 271 Å². The van der Waals surface area contributed by atoms with Crippen LogP contribution >= 0.6 is 0 Å². The SMILES string of the molecule is CN(C)c1ccc(C23CCC(C(NC(=O)C4CCC(COC(N)=O)CC4)c4cccc(-c5coc(C6CC6)n5)c4)(CC2)CC3)cn1. The molecule has 2 aromatic heterocycles. The van der Waals surface area contributed by atoms with Gasteiger partial charge in [-0.15, -0.1) is 0 Å². The van der Waals surface area contributed by atoms with Crippen LogP contribution in [0.3, 0.4) is 0 Å². The van der Waals surface area contributed by atoms with Crippen molar-refractivity contribution in [2.24, 2.45) is 23.0 Å². The number of carbonyl (C=O) groups excluding carboxylic acids is 2. The number of oxazole rings is 1. The maximum absolute atomic E-state index is 14.0. The fraction of sp³-hybridized carbons (Fsp3) is 0.568. The molecule has 5 fully saturated rings. The summed E-state index contributed by atoms with van der Waals surface area (Å²) >= 11 is 0. The molecule has 5 aliphatic rings. The van der Waals surface area contributed by atoms with Crippen molar-refractivity contribution < 1.29 is 18.7 Å². The number of pyridine rings is 1. The van der Waals surface area contributed by atoms with E-state index in [0.29, 0.717) is 12.5 Å². The predicted octanol–water partition coefficient (Wildman–Crippen LogP) is 7.03. The summed E-state index contributed by atoms with van der Waals surface area (Å²) in [5.74, 6) is 2.63. The number of carbonyl (C=O) groups is 2. The number of nitrogens with zero attached hydrogens (tertiary/aromatic N) is 3. The summed E-state index contributed by atoms with van der Waals surface area (Å²) in [5.41, 5.74) is 9.72. The molecule has 0 spiro atoms. The molecule has 1 aromatic carbocycles. The molecule has 1 unspecified atom stereocenters. The van der Waals surface area contributed by atoms with Crippen LogP contribution in [-0.4, -0.2) is 42.7 Å². The van der Waals surface area contributed by atoms with E-state index >= 15 is 0 Å². The minimum atomic E-state index is -0.732. The van der Waals surface area contributed by atoms with Crippen LogP contribution in [0.2, 0.25) is 0 Å². The van der Waals surface area contributed by atoms with Crippen LogP contribution in [0.25, 0.3) is 11.3 Å². The summed E-state index contributed by atoms with van der Waals surface area (Å²) in [6.07, 6.45) is 15.2. The highest BCUT2D eigenvalue weighted by molar-refractivity contribution is 5.79. The highest BCUT2D eigenvalue weighted by Crippen LogP contribution is 2.62. The second kappa shape index (κ2) is 12.4. The van der Waals surface area contributed by atoms with Gasteiger partial charge in [-0.3, -0.25) is 4.79 Å². The van der Waals surface area contributed by atoms with Crippen LogP contribution < -0.4 is 16.0 Å². The van der Waals surface area contributed by atoms with Crippen LogP contribution in [0.5, 0.6) is 0 Å². The van der Waals surface area contributed by atoms with Crippen molar-refractivity contribution >= 4 is 17.8 Å². The Morgan fingerprint density at radius 1 is 1.02 bits per heavy atom. The first-order valence-electron chi connectivity index (χ1n) is 17.2. The molecule has 46 heavy (non-hydrogen) atoms. The van der Waals surface area contributed by atoms with Gasteiger partial charge in [0, 0.05) is 37.7 Å². The molecule has 0 saturated heterocycles. The van der Waals surface area contributed by atoms with E-state index in [2.05, 4.69) is 47.9 Å². The zero-order valence-corrected chi connectivity index (χ0v) is 27.2. The summed E-state index contributed by atoms with van der Waals surface area (Å²) < 4.78 is 10.9. The summed E-state index contributed by atoms with van der Waals surface area (Å²) in [7, 11) is 4.05. The van der Waals surface area contributed by atoms with E-state index in [1.165, 1.54) is 5.56 Å². The van der Waals surface area contributed by atoms with E-state index in [0.717, 1.165) is 106 Å². The molecular weight excluding hydrogens is 578 g/mol. The zero-order chi connectivity index (χ0) is 31.9. The minimum Gasteiger partial charge on any atom is -0.449 e. The highest BCUT2D eigenvalue weighted by Gasteiger charge is 2.53. The van der Waals surface area contributed by atoms with E-state index in [1.807, 2.05) is 19.0 Å². The number of ether oxygens (including phenoxy) is 1. The molecule has 8 rings (SSSR count). The number of benzene rings is 1. The second-order valence-corrected chi connectivity index (χ2v) is 14.7. The van der Waals surface area contributed by atoms with Gasteiger partial charge >= 0.3 is 6.09 Å². The molecule has 2 heterocycles. The third kappa shape index (κ3) is 6.13. The van der Waals surface area contributed by atoms with E-state index in [1.54, 1.807) is 6.26 Å². The molecule has 2 bridgehead atoms. The van der Waals surface area contributed by atoms with Gasteiger partial charge < -0.3 is 25.1 Å². The minimum absolute atomic E-state index is 0.0113. The van der Waals surface area contributed by atoms with Gasteiger partial charge in [0.2, 0.25) is 5.91 Å². The fourth-order valence-electron chi connectivity index (χ4n) is 8.50. The Morgan fingerprint density at radius 2 is 1.76 bits per heavy atom. The van der Waals surface area contributed by atoms with Crippen molar-refractivity contribution in [3.8, 4) is 11.3 Å². The lowest BCUT2D eigenvalue weighted by Gasteiger charge is -2.57. The molecule has 244 valence electrons. The molecule has 0 aliphatic heterocycles. The Hall–Kier alpha value is -3.88. The number of rotatable bonds is 10. The van der Waals surface area contributed by atoms with Crippen molar-refractivity contribution in [1.29, 1.82) is 0 Å². The first kappa shape index (κ1) is 30.8. The normalized spacial score (nSPS) is 28.0. The number of hydrogen-bond donors (Lipinski definition) is 2. The summed E-state index contributed by atoms with van der Waals surface area (Å²) in [5, 5.41) is 3.63. The predicted molar refractivity (Wildman–Crippen MR) is 176 cm³/mol. The van der Waals surface area contributed by atoms with Crippen LogP contribution in [-0.2, 0) is 14.9 Å². The van der Waals surface area contributed by atoms with Gasteiger partial charge in [-0.2, -0.15) is 0 Å². The number of amides is 2. The third-order valence-corrected chi connectivity index (χ3v) is 11.7. The summed E-state index contributed by atoms with van der Waals surface area (Å²) in [6, 6.07) is 12.9. The highest BCUT2D eigenvalue weighted by atomic mass is 16.5. The van der Waals surface area contributed by atoms with E-state index in [4.69, 9.17) is 24.9 Å². The molecule has 3 aromatic rings. The average molecular weight is 626 g/mol. The van der Waals surface area contributed by atoms with Gasteiger partial charge in [-0.25, -0.2) is 14.8 Å². The Kier molecular flexibility index (Phi) is 8.28. The summed E-state index contributed by atoms with van der Waals surface area (Å²) in [4.78, 5) is 36.7. The first-order chi connectivity index (χ1) is 22.2. The van der Waals surface area contributed by atoms with E-state index < -0.39 is 6.09 Å². The standard InChI is InChI=1S/C37H47N5O4/c1-42(2)31-13-12-29(21-39-31)36-14-17-37(18-15-36,19-16-36)32(41-33(43)25-8-6-24(7-9-25)22-46-35(38)44)28-5-3-4-27(20-28)30-23-45-34(40-30)26-10-11-26/h3-5,12-13,20-21,23-26,32H,6-11,14-19,22H2,1-2H3,(H2,38,44)(H,41,43). The smallest absolute Gasteiger partial charge is 0.404 e. The number of anilines is 1. The van der Waals surface area contributed by atoms with Crippen molar-refractivity contribution in [3.63, 3.8) is 0 Å². The van der Waals surface area contributed by atoms with Gasteiger partial charge in [0.05, 0.1) is 12.6 Å². The maximum Gasteiger partial charge on any atom is 0.404 e. The topological polar surface area (TPSA) is 124 Å². The summed E-state index contributed by atoms with van der Waals surface area (Å²) in [6.45, 7) is 0.335. The molecule has 0 radical (unpaired) electrons. The number of hydrogen-bond acceptors (Lipinski definition) is 7. The van der Waals surface area contributed by atoms with Gasteiger partial charge in [-0.1, -0.05) is 24.3 Å². The zero-order valence-electron chi connectivity index (χ0n) is 27.2. The van der Waals surface area contributed by atoms with E-state index in [9.17, 15) is 9.59 Å². The van der Waals surface area contributed by atoms with Crippen LogP contribution in [0, 0.1) is 17.3 Å². The molecule has 5 saturated carbocycles. The number of nitrogens with two attached hydrogens (primary N) is 1. The van der Waals surface area contributed by atoms with Crippen LogP contribution in [0.4, 0.5) is 10.6 Å². The monoisotopic (exact) mass is 625 g/mol. The number of primary amides is 1. The molecule has 1 atom stereocenters. The van der Waals surface area contributed by atoms with Crippen LogP contribution in [0.15, 0.2) is 53.3 Å². The number of aromatic nitrogens is 2. The van der Waals surface area contributed by atoms with Crippen molar-refractivity contribution in [2.45, 2.75) is 94.4 Å². The molecule has 3 N–H and O–H groups in total. The van der Waals surface area contributed by atoms with Gasteiger partial charge in [-0.05, 0) is 117 Å². The van der Waals surface area contributed by atoms with Gasteiger partial charge in [0.25, 0.3) is 0 Å². The Bertz CT molecular complexity index is 1530. The fourth-order valence-corrected chi connectivity index (χ4v) is 8.50. The van der Waals surface area contributed by atoms with Crippen molar-refractivity contribution in [2.75, 3.05) is 25.6 Å². The molecule has 5 aliphatic carbocycles. The largest absolute Gasteiger partial charge is 0.449 e. The second-order valence-electron chi connectivity index (χ2n) is 14.7. The van der Waals surface area contributed by atoms with Crippen LogP contribution in [0.1, 0.15) is 106 Å². The number of fused-ring (bicyclic) bond motifs is 3. The molecule has 9 heteroatoms. The Balaban J connectivity index is 1.12. The van der Waals surface area contributed by atoms with Crippen molar-refractivity contribution in [3.05, 3.63) is 65.9 Å². The lowest BCUT2D eigenvalue weighted by atomic mass is 9.49. The molecule has 9 nitrogen and oxygen atoms in total. The maximum atomic E-state index is 14.0. The Morgan fingerprint density at radius 3 is 2.39 bits per heavy atom.